The zero-order chi connectivity index (χ0) is 14.7. The van der Waals surface area contributed by atoms with Gasteiger partial charge in [0.1, 0.15) is 5.01 Å². The van der Waals surface area contributed by atoms with Gasteiger partial charge in [-0.25, -0.2) is 9.37 Å². The first kappa shape index (κ1) is 14.0. The molecule has 0 saturated carbocycles. The van der Waals surface area contributed by atoms with E-state index in [1.807, 2.05) is 24.3 Å². The van der Waals surface area contributed by atoms with Crippen LogP contribution in [-0.2, 0) is 13.1 Å². The predicted molar refractivity (Wildman–Crippen MR) is 83.1 cm³/mol. The summed E-state index contributed by atoms with van der Waals surface area (Å²) in [5.74, 6) is -0.0679. The van der Waals surface area contributed by atoms with Crippen LogP contribution in [0.2, 0.25) is 0 Å². The third-order valence-corrected chi connectivity index (χ3v) is 4.20. The van der Waals surface area contributed by atoms with Crippen LogP contribution in [0.1, 0.15) is 10.6 Å². The number of hydrogen-bond acceptors (Lipinski definition) is 4. The summed E-state index contributed by atoms with van der Waals surface area (Å²) in [6, 6.07) is 13.1. The molecule has 1 N–H and O–H groups in total. The van der Waals surface area contributed by atoms with Crippen molar-refractivity contribution in [2.45, 2.75) is 13.1 Å². The van der Waals surface area contributed by atoms with Gasteiger partial charge in [0.05, 0.1) is 17.3 Å². The summed E-state index contributed by atoms with van der Waals surface area (Å²) < 4.78 is 19.7. The maximum atomic E-state index is 13.6. The van der Waals surface area contributed by atoms with Crippen LogP contribution < -0.4 is 10.1 Å². The van der Waals surface area contributed by atoms with Gasteiger partial charge in [0.25, 0.3) is 0 Å². The normalized spacial score (nSPS) is 11.0. The first-order valence-corrected chi connectivity index (χ1v) is 7.45. The number of thiazole rings is 1. The Morgan fingerprint density at radius 1 is 1.19 bits per heavy atom. The Kier molecular flexibility index (Phi) is 4.13. The van der Waals surface area contributed by atoms with Crippen molar-refractivity contribution in [1.82, 2.24) is 10.3 Å². The van der Waals surface area contributed by atoms with Gasteiger partial charge in [-0.05, 0) is 29.8 Å². The van der Waals surface area contributed by atoms with Crippen molar-refractivity contribution in [2.24, 2.45) is 0 Å². The molecule has 3 nitrogen and oxygen atoms in total. The van der Waals surface area contributed by atoms with E-state index in [1.54, 1.807) is 17.4 Å². The summed E-state index contributed by atoms with van der Waals surface area (Å²) in [6.45, 7) is 1.27. The molecule has 1 aromatic heterocycles. The molecule has 0 atom stereocenters. The molecule has 0 aliphatic heterocycles. The highest BCUT2D eigenvalue weighted by atomic mass is 32.1. The number of methoxy groups -OCH3 is 1. The van der Waals surface area contributed by atoms with Gasteiger partial charge >= 0.3 is 0 Å². The third kappa shape index (κ3) is 3.20. The molecule has 3 rings (SSSR count). The smallest absolute Gasteiger partial charge is 0.165 e. The second kappa shape index (κ2) is 6.20. The number of nitrogens with one attached hydrogen (secondary N) is 1. The molecule has 0 aliphatic rings. The highest BCUT2D eigenvalue weighted by molar-refractivity contribution is 7.18. The van der Waals surface area contributed by atoms with Crippen molar-refractivity contribution >= 4 is 21.6 Å². The SMILES string of the molecule is COc1ccc(CNCc2nc3ccccc3s2)cc1F. The topological polar surface area (TPSA) is 34.1 Å². The molecular weight excluding hydrogens is 287 g/mol. The zero-order valence-electron chi connectivity index (χ0n) is 11.6. The molecule has 0 spiro atoms. The van der Waals surface area contributed by atoms with E-state index in [0.717, 1.165) is 16.1 Å². The molecule has 0 amide bonds. The Hall–Kier alpha value is -1.98. The van der Waals surface area contributed by atoms with Crippen molar-refractivity contribution in [3.05, 3.63) is 58.9 Å². The molecule has 0 radical (unpaired) electrons. The van der Waals surface area contributed by atoms with Crippen LogP contribution in [0.25, 0.3) is 10.2 Å². The molecule has 1 heterocycles. The summed E-state index contributed by atoms with van der Waals surface area (Å²) in [7, 11) is 1.46. The van der Waals surface area contributed by atoms with Gasteiger partial charge in [-0.2, -0.15) is 0 Å². The minimum atomic E-state index is -0.336. The number of hydrogen-bond donors (Lipinski definition) is 1. The Bertz CT molecular complexity index is 724. The van der Waals surface area contributed by atoms with Crippen LogP contribution in [0.15, 0.2) is 42.5 Å². The molecule has 0 fully saturated rings. The monoisotopic (exact) mass is 302 g/mol. The van der Waals surface area contributed by atoms with E-state index in [-0.39, 0.29) is 11.6 Å². The van der Waals surface area contributed by atoms with Crippen LogP contribution in [-0.4, -0.2) is 12.1 Å². The van der Waals surface area contributed by atoms with E-state index in [4.69, 9.17) is 4.74 Å². The molecule has 0 aliphatic carbocycles. The summed E-state index contributed by atoms with van der Waals surface area (Å²) in [5.41, 5.74) is 1.91. The second-order valence-corrected chi connectivity index (χ2v) is 5.76. The fourth-order valence-electron chi connectivity index (χ4n) is 2.13. The van der Waals surface area contributed by atoms with Crippen LogP contribution >= 0.6 is 11.3 Å². The van der Waals surface area contributed by atoms with Crippen LogP contribution in [0.4, 0.5) is 4.39 Å². The standard InChI is InChI=1S/C16H15FN2OS/c1-20-14-7-6-11(8-12(14)17)9-18-10-16-19-13-4-2-3-5-15(13)21-16/h2-8,18H,9-10H2,1H3. The fourth-order valence-corrected chi connectivity index (χ4v) is 3.07. The largest absolute Gasteiger partial charge is 0.494 e. The lowest BCUT2D eigenvalue weighted by molar-refractivity contribution is 0.386. The molecule has 108 valence electrons. The zero-order valence-corrected chi connectivity index (χ0v) is 12.4. The number of halogens is 1. The Labute approximate surface area is 126 Å². The molecular formula is C16H15FN2OS. The van der Waals surface area contributed by atoms with Gasteiger partial charge < -0.3 is 10.1 Å². The minimum absolute atomic E-state index is 0.268. The van der Waals surface area contributed by atoms with Crippen LogP contribution in [0.3, 0.4) is 0 Å². The summed E-state index contributed by atoms with van der Waals surface area (Å²) in [6.07, 6.45) is 0. The second-order valence-electron chi connectivity index (χ2n) is 4.65. The predicted octanol–water partition coefficient (Wildman–Crippen LogP) is 3.73. The quantitative estimate of drug-likeness (QED) is 0.779. The lowest BCUT2D eigenvalue weighted by Crippen LogP contribution is -2.12. The number of rotatable bonds is 5. The van der Waals surface area contributed by atoms with Gasteiger partial charge in [-0.3, -0.25) is 0 Å². The van der Waals surface area contributed by atoms with Crippen molar-refractivity contribution in [3.8, 4) is 5.75 Å². The Balaban J connectivity index is 1.61. The summed E-state index contributed by atoms with van der Waals surface area (Å²) >= 11 is 1.67. The van der Waals surface area contributed by atoms with E-state index in [1.165, 1.54) is 17.9 Å². The lowest BCUT2D eigenvalue weighted by atomic mass is 10.2. The molecule has 2 aromatic carbocycles. The average Bonchev–Trinajstić information content (AvgIpc) is 2.90. The minimum Gasteiger partial charge on any atom is -0.494 e. The number of benzene rings is 2. The number of nitrogens with zero attached hydrogens (tertiary/aromatic N) is 1. The van der Waals surface area contributed by atoms with Crippen molar-refractivity contribution < 1.29 is 9.13 Å². The molecule has 3 aromatic rings. The van der Waals surface area contributed by atoms with Crippen molar-refractivity contribution in [1.29, 1.82) is 0 Å². The fraction of sp³-hybridized carbons (Fsp3) is 0.188. The van der Waals surface area contributed by atoms with E-state index in [2.05, 4.69) is 16.4 Å². The Morgan fingerprint density at radius 2 is 2.05 bits per heavy atom. The van der Waals surface area contributed by atoms with Crippen LogP contribution in [0, 0.1) is 5.82 Å². The maximum absolute atomic E-state index is 13.6. The number of ether oxygens (including phenoxy) is 1. The highest BCUT2D eigenvalue weighted by Gasteiger charge is 2.05. The van der Waals surface area contributed by atoms with Gasteiger partial charge in [-0.1, -0.05) is 18.2 Å². The molecule has 0 saturated heterocycles. The number of fused-ring (bicyclic) bond motifs is 1. The van der Waals surface area contributed by atoms with E-state index in [9.17, 15) is 4.39 Å². The molecule has 0 unspecified atom stereocenters. The van der Waals surface area contributed by atoms with Crippen molar-refractivity contribution in [2.75, 3.05) is 7.11 Å². The number of aromatic nitrogens is 1. The molecule has 0 bridgehead atoms. The van der Waals surface area contributed by atoms with Gasteiger partial charge in [-0.15, -0.1) is 11.3 Å². The highest BCUT2D eigenvalue weighted by Crippen LogP contribution is 2.21. The maximum Gasteiger partial charge on any atom is 0.165 e. The molecule has 21 heavy (non-hydrogen) atoms. The van der Waals surface area contributed by atoms with E-state index in [0.29, 0.717) is 13.1 Å². The lowest BCUT2D eigenvalue weighted by Gasteiger charge is -2.06. The van der Waals surface area contributed by atoms with E-state index < -0.39 is 0 Å². The molecule has 5 heteroatoms. The first-order chi connectivity index (χ1) is 10.3. The third-order valence-electron chi connectivity index (χ3n) is 3.16. The van der Waals surface area contributed by atoms with Gasteiger partial charge in [0, 0.05) is 13.1 Å². The van der Waals surface area contributed by atoms with Crippen molar-refractivity contribution in [3.63, 3.8) is 0 Å². The summed E-state index contributed by atoms with van der Waals surface area (Å²) in [4.78, 5) is 4.55. The van der Waals surface area contributed by atoms with Gasteiger partial charge in [0.2, 0.25) is 0 Å². The number of para-hydroxylation sites is 1. The average molecular weight is 302 g/mol. The Morgan fingerprint density at radius 3 is 2.81 bits per heavy atom. The van der Waals surface area contributed by atoms with Gasteiger partial charge in [0.15, 0.2) is 11.6 Å². The summed E-state index contributed by atoms with van der Waals surface area (Å²) in [5, 5.41) is 4.32. The van der Waals surface area contributed by atoms with Crippen LogP contribution in [0.5, 0.6) is 5.75 Å². The first-order valence-electron chi connectivity index (χ1n) is 6.64. The van der Waals surface area contributed by atoms with E-state index >= 15 is 0 Å².